The van der Waals surface area contributed by atoms with E-state index in [9.17, 15) is 14.4 Å². The Balaban J connectivity index is 1.55. The van der Waals surface area contributed by atoms with Crippen molar-refractivity contribution in [3.8, 4) is 0 Å². The molecule has 2 saturated heterocycles. The Bertz CT molecular complexity index is 978. The summed E-state index contributed by atoms with van der Waals surface area (Å²) in [5.74, 6) is -0.197. The average Bonchev–Trinajstić information content (AvgIpc) is 3.03. The highest BCUT2D eigenvalue weighted by Gasteiger charge is 2.32. The minimum absolute atomic E-state index is 0.0170. The summed E-state index contributed by atoms with van der Waals surface area (Å²) in [5, 5.41) is 16.9. The Morgan fingerprint density at radius 1 is 1.24 bits per heavy atom. The highest BCUT2D eigenvalue weighted by Crippen LogP contribution is 2.31. The summed E-state index contributed by atoms with van der Waals surface area (Å²) in [6.45, 7) is 1.44. The number of nitrogens with zero attached hydrogens (tertiary/aromatic N) is 5. The summed E-state index contributed by atoms with van der Waals surface area (Å²) in [6, 6.07) is 3.86. The van der Waals surface area contributed by atoms with Crippen LogP contribution in [0.15, 0.2) is 12.1 Å². The Morgan fingerprint density at radius 3 is 2.62 bits per heavy atom. The van der Waals surface area contributed by atoms with Gasteiger partial charge in [0.05, 0.1) is 11.6 Å². The summed E-state index contributed by atoms with van der Waals surface area (Å²) in [7, 11) is 3.40. The molecule has 0 aromatic carbocycles. The summed E-state index contributed by atoms with van der Waals surface area (Å²) in [4.78, 5) is 43.1. The van der Waals surface area contributed by atoms with E-state index < -0.39 is 12.0 Å². The lowest BCUT2D eigenvalue weighted by Gasteiger charge is -2.36. The fourth-order valence-electron chi connectivity index (χ4n) is 4.17. The summed E-state index contributed by atoms with van der Waals surface area (Å²) >= 11 is 0. The zero-order valence-corrected chi connectivity index (χ0v) is 16.5. The zero-order valence-electron chi connectivity index (χ0n) is 16.5. The molecule has 154 valence electrons. The first kappa shape index (κ1) is 19.2. The fourth-order valence-corrected chi connectivity index (χ4v) is 4.17. The maximum absolute atomic E-state index is 12.3. The van der Waals surface area contributed by atoms with Crippen LogP contribution in [0.3, 0.4) is 0 Å². The van der Waals surface area contributed by atoms with Gasteiger partial charge in [-0.05, 0) is 31.4 Å². The summed E-state index contributed by atoms with van der Waals surface area (Å²) in [5.41, 5.74) is 1.33. The van der Waals surface area contributed by atoms with Gasteiger partial charge in [-0.15, -0.1) is 0 Å². The van der Waals surface area contributed by atoms with Gasteiger partial charge in [0.15, 0.2) is 5.65 Å². The van der Waals surface area contributed by atoms with E-state index in [2.05, 4.69) is 15.3 Å². The van der Waals surface area contributed by atoms with Crippen molar-refractivity contribution in [3.05, 3.63) is 17.8 Å². The molecular formula is C19H24N6O4. The molecule has 4 rings (SSSR count). The normalized spacial score (nSPS) is 20.8. The van der Waals surface area contributed by atoms with Crippen LogP contribution in [0, 0.1) is 0 Å². The van der Waals surface area contributed by atoms with E-state index >= 15 is 0 Å². The zero-order chi connectivity index (χ0) is 20.7. The van der Waals surface area contributed by atoms with Gasteiger partial charge in [0, 0.05) is 45.0 Å². The molecule has 10 nitrogen and oxygen atoms in total. The maximum Gasteiger partial charge on any atom is 0.407 e. The van der Waals surface area contributed by atoms with Crippen LogP contribution in [0.5, 0.6) is 0 Å². The second-order valence-electron chi connectivity index (χ2n) is 7.66. The number of piperidine rings is 2. The van der Waals surface area contributed by atoms with Crippen LogP contribution in [0.1, 0.15) is 37.3 Å². The minimum atomic E-state index is -0.904. The van der Waals surface area contributed by atoms with Crippen LogP contribution in [0.25, 0.3) is 11.0 Å². The molecule has 0 spiro atoms. The van der Waals surface area contributed by atoms with Gasteiger partial charge in [0.2, 0.25) is 11.8 Å². The molecule has 2 N–H and O–H groups in total. The lowest BCUT2D eigenvalue weighted by atomic mass is 9.93. The molecule has 4 heterocycles. The van der Waals surface area contributed by atoms with Gasteiger partial charge < -0.3 is 14.9 Å². The molecule has 0 saturated carbocycles. The lowest BCUT2D eigenvalue weighted by molar-refractivity contribution is -0.134. The number of imide groups is 1. The average molecular weight is 400 g/mol. The number of carbonyl (C=O) groups excluding carboxylic acids is 2. The minimum Gasteiger partial charge on any atom is -0.465 e. The molecule has 2 aliphatic rings. The Labute approximate surface area is 167 Å². The van der Waals surface area contributed by atoms with Gasteiger partial charge in [-0.25, -0.2) is 9.78 Å². The van der Waals surface area contributed by atoms with Crippen molar-refractivity contribution in [2.24, 2.45) is 7.05 Å². The van der Waals surface area contributed by atoms with Gasteiger partial charge in [0.1, 0.15) is 5.82 Å². The standard InChI is InChI=1S/C19H24N6O4/c1-23(19(28)29)11-7-9-25(10-8-11)14-5-3-12-16(22-24(2)17(12)20-14)13-4-6-15(26)21-18(13)27/h3,5,11,13H,4,6-10H2,1-2H3,(H,28,29)(H,21,26,27). The first-order chi connectivity index (χ1) is 13.8. The van der Waals surface area contributed by atoms with E-state index in [-0.39, 0.29) is 17.9 Å². The molecule has 2 fully saturated rings. The van der Waals surface area contributed by atoms with Crippen molar-refractivity contribution in [3.63, 3.8) is 0 Å². The highest BCUT2D eigenvalue weighted by atomic mass is 16.4. The van der Waals surface area contributed by atoms with Crippen LogP contribution in [0.4, 0.5) is 10.6 Å². The van der Waals surface area contributed by atoms with Gasteiger partial charge in [-0.3, -0.25) is 19.6 Å². The third kappa shape index (κ3) is 3.50. The second-order valence-corrected chi connectivity index (χ2v) is 7.66. The van der Waals surface area contributed by atoms with E-state index in [0.717, 1.165) is 37.1 Å². The van der Waals surface area contributed by atoms with E-state index in [1.54, 1.807) is 18.8 Å². The van der Waals surface area contributed by atoms with E-state index in [4.69, 9.17) is 10.1 Å². The Morgan fingerprint density at radius 2 is 1.97 bits per heavy atom. The van der Waals surface area contributed by atoms with Crippen molar-refractivity contribution < 1.29 is 19.5 Å². The first-order valence-corrected chi connectivity index (χ1v) is 9.73. The van der Waals surface area contributed by atoms with Crippen LogP contribution in [-0.4, -0.2) is 68.9 Å². The number of aromatic nitrogens is 3. The molecule has 1 unspecified atom stereocenters. The van der Waals surface area contributed by atoms with Crippen molar-refractivity contribution in [2.45, 2.75) is 37.6 Å². The van der Waals surface area contributed by atoms with E-state index in [0.29, 0.717) is 24.2 Å². The van der Waals surface area contributed by atoms with Crippen LogP contribution in [0.2, 0.25) is 0 Å². The molecular weight excluding hydrogens is 376 g/mol. The molecule has 1 atom stereocenters. The quantitative estimate of drug-likeness (QED) is 0.739. The van der Waals surface area contributed by atoms with Crippen molar-refractivity contribution in [1.82, 2.24) is 25.0 Å². The van der Waals surface area contributed by atoms with E-state index in [1.165, 1.54) is 4.90 Å². The number of carbonyl (C=O) groups is 3. The fraction of sp³-hybridized carbons (Fsp3) is 0.526. The third-order valence-corrected chi connectivity index (χ3v) is 5.91. The number of pyridine rings is 1. The van der Waals surface area contributed by atoms with Gasteiger partial charge in [-0.2, -0.15) is 5.10 Å². The van der Waals surface area contributed by atoms with E-state index in [1.807, 2.05) is 12.1 Å². The van der Waals surface area contributed by atoms with Gasteiger partial charge in [-0.1, -0.05) is 0 Å². The number of fused-ring (bicyclic) bond motifs is 1. The summed E-state index contributed by atoms with van der Waals surface area (Å²) < 4.78 is 1.67. The highest BCUT2D eigenvalue weighted by molar-refractivity contribution is 6.02. The lowest BCUT2D eigenvalue weighted by Crippen LogP contribution is -2.45. The topological polar surface area (TPSA) is 121 Å². The van der Waals surface area contributed by atoms with Crippen LogP contribution >= 0.6 is 0 Å². The number of anilines is 1. The van der Waals surface area contributed by atoms with Gasteiger partial charge in [0.25, 0.3) is 0 Å². The predicted molar refractivity (Wildman–Crippen MR) is 105 cm³/mol. The van der Waals surface area contributed by atoms with Crippen LogP contribution in [-0.2, 0) is 16.6 Å². The summed E-state index contributed by atoms with van der Waals surface area (Å²) in [6.07, 6.45) is 1.34. The Kier molecular flexibility index (Phi) is 4.85. The first-order valence-electron chi connectivity index (χ1n) is 9.73. The van der Waals surface area contributed by atoms with Crippen LogP contribution < -0.4 is 10.2 Å². The molecule has 3 amide bonds. The molecule has 2 aliphatic heterocycles. The molecule has 29 heavy (non-hydrogen) atoms. The number of rotatable bonds is 3. The van der Waals surface area contributed by atoms with Crippen molar-refractivity contribution in [2.75, 3.05) is 25.0 Å². The monoisotopic (exact) mass is 400 g/mol. The third-order valence-electron chi connectivity index (χ3n) is 5.91. The SMILES string of the molecule is CN(C(=O)O)C1CCN(c2ccc3c(C4CCC(=O)NC4=O)nn(C)c3n2)CC1. The predicted octanol–water partition coefficient (Wildman–Crippen LogP) is 1.07. The number of carboxylic acid groups (broad SMARTS) is 1. The Hall–Kier alpha value is -3.17. The number of hydrogen-bond acceptors (Lipinski definition) is 6. The number of nitrogens with one attached hydrogen (secondary N) is 1. The molecule has 0 radical (unpaired) electrons. The molecule has 2 aromatic rings. The van der Waals surface area contributed by atoms with Crippen molar-refractivity contribution >= 4 is 34.8 Å². The van der Waals surface area contributed by atoms with Gasteiger partial charge >= 0.3 is 6.09 Å². The molecule has 2 aromatic heterocycles. The maximum atomic E-state index is 12.3. The molecule has 10 heteroatoms. The number of hydrogen-bond donors (Lipinski definition) is 2. The molecule has 0 bridgehead atoms. The number of aryl methyl sites for hydroxylation is 1. The molecule has 0 aliphatic carbocycles. The smallest absolute Gasteiger partial charge is 0.407 e. The largest absolute Gasteiger partial charge is 0.465 e. The second kappa shape index (κ2) is 7.34. The number of amides is 3. The van der Waals surface area contributed by atoms with Crippen molar-refractivity contribution in [1.29, 1.82) is 0 Å².